The lowest BCUT2D eigenvalue weighted by molar-refractivity contribution is 0.222. The van der Waals surface area contributed by atoms with Gasteiger partial charge in [0, 0.05) is 7.05 Å². The van der Waals surface area contributed by atoms with E-state index in [1.165, 1.54) is 0 Å². The van der Waals surface area contributed by atoms with Gasteiger partial charge in [-0.3, -0.25) is 4.68 Å². The molecule has 1 unspecified atom stereocenters. The molecule has 0 aliphatic carbocycles. The molecule has 1 N–H and O–H groups in total. The first-order valence-corrected chi connectivity index (χ1v) is 5.04. The van der Waals surface area contributed by atoms with Crippen molar-refractivity contribution in [2.45, 2.75) is 6.10 Å². The molecule has 0 amide bonds. The Bertz CT molecular complexity index is 528. The number of hydrogen-bond acceptors (Lipinski definition) is 4. The quantitative estimate of drug-likeness (QED) is 0.659. The minimum atomic E-state index is -0.872. The van der Waals surface area contributed by atoms with Crippen molar-refractivity contribution < 1.29 is 9.68 Å². The second-order valence-corrected chi connectivity index (χ2v) is 3.81. The summed E-state index contributed by atoms with van der Waals surface area (Å²) in [5.74, 6) is 0. The van der Waals surface area contributed by atoms with E-state index in [9.17, 15) is 5.02 Å². The molecule has 80 valence electrons. The largest absolute Gasteiger partial charge is 0.492 e. The molecule has 2 heterocycles. The van der Waals surface area contributed by atoms with Crippen molar-refractivity contribution in [3.05, 3.63) is 41.7 Å². The van der Waals surface area contributed by atoms with Crippen molar-refractivity contribution in [3.8, 4) is 0 Å². The third kappa shape index (κ3) is 1.35. The normalized spacial score (nSPS) is 18.9. The molecule has 1 aromatic carbocycles. The van der Waals surface area contributed by atoms with Crippen molar-refractivity contribution in [2.75, 3.05) is 0 Å². The van der Waals surface area contributed by atoms with Crippen LogP contribution in [-0.2, 0) is 11.7 Å². The molecule has 0 saturated heterocycles. The van der Waals surface area contributed by atoms with Crippen molar-refractivity contribution in [2.24, 2.45) is 7.05 Å². The highest BCUT2D eigenvalue weighted by Crippen LogP contribution is 2.28. The van der Waals surface area contributed by atoms with Crippen LogP contribution in [0.5, 0.6) is 0 Å². The first-order valence-electron chi connectivity index (χ1n) is 5.04. The third-order valence-corrected chi connectivity index (χ3v) is 2.70. The molecule has 0 radical (unpaired) electrons. The van der Waals surface area contributed by atoms with Gasteiger partial charge in [0.15, 0.2) is 0 Å². The maximum atomic E-state index is 9.74. The molecular weight excluding hydrogens is 205 g/mol. The molecule has 1 aromatic heterocycles. The molecule has 2 aromatic rings. The van der Waals surface area contributed by atoms with Gasteiger partial charge in [-0.25, -0.2) is 0 Å². The van der Waals surface area contributed by atoms with Gasteiger partial charge in [-0.1, -0.05) is 29.5 Å². The van der Waals surface area contributed by atoms with Gasteiger partial charge in [-0.05, 0) is 11.0 Å². The highest BCUT2D eigenvalue weighted by atomic mass is 16.5. The zero-order chi connectivity index (χ0) is 11.1. The van der Waals surface area contributed by atoms with Crippen LogP contribution in [0.15, 0.2) is 30.5 Å². The molecular formula is C10H10BN3O2. The lowest BCUT2D eigenvalue weighted by Crippen LogP contribution is -2.27. The third-order valence-electron chi connectivity index (χ3n) is 2.70. The van der Waals surface area contributed by atoms with E-state index in [0.717, 1.165) is 11.0 Å². The Labute approximate surface area is 92.8 Å². The molecule has 0 bridgehead atoms. The number of aryl methyl sites for hydroxylation is 1. The van der Waals surface area contributed by atoms with Crippen molar-refractivity contribution in [1.82, 2.24) is 15.0 Å². The molecule has 1 aliphatic heterocycles. The van der Waals surface area contributed by atoms with Crippen molar-refractivity contribution in [1.29, 1.82) is 0 Å². The highest BCUT2D eigenvalue weighted by Gasteiger charge is 2.36. The van der Waals surface area contributed by atoms with E-state index in [4.69, 9.17) is 4.65 Å². The van der Waals surface area contributed by atoms with Gasteiger partial charge < -0.3 is 9.68 Å². The standard InChI is InChI=1S/C10H10BN3O2/c1-14-6-9(12-13-14)10-7-4-2-3-5-8(7)11(15)16-10/h2-6,10,15H,1H3. The highest BCUT2D eigenvalue weighted by molar-refractivity contribution is 6.61. The van der Waals surface area contributed by atoms with Crippen LogP contribution in [0.25, 0.3) is 0 Å². The summed E-state index contributed by atoms with van der Waals surface area (Å²) < 4.78 is 7.09. The fraction of sp³-hybridized carbons (Fsp3) is 0.200. The molecule has 0 fully saturated rings. The summed E-state index contributed by atoms with van der Waals surface area (Å²) in [7, 11) is 0.927. The molecule has 3 rings (SSSR count). The monoisotopic (exact) mass is 215 g/mol. The SMILES string of the molecule is Cn1cc(C2OB(O)c3ccccc32)nn1. The summed E-state index contributed by atoms with van der Waals surface area (Å²) in [4.78, 5) is 0. The number of fused-ring (bicyclic) bond motifs is 1. The molecule has 1 atom stereocenters. The minimum absolute atomic E-state index is 0.320. The number of aromatic nitrogens is 3. The number of benzene rings is 1. The Balaban J connectivity index is 2.06. The second kappa shape index (κ2) is 3.43. The molecule has 5 nitrogen and oxygen atoms in total. The van der Waals surface area contributed by atoms with E-state index >= 15 is 0 Å². The van der Waals surface area contributed by atoms with Crippen LogP contribution >= 0.6 is 0 Å². The van der Waals surface area contributed by atoms with Gasteiger partial charge in [0.05, 0.1) is 6.20 Å². The van der Waals surface area contributed by atoms with Crippen LogP contribution in [0.3, 0.4) is 0 Å². The van der Waals surface area contributed by atoms with Gasteiger partial charge in [0.25, 0.3) is 0 Å². The molecule has 16 heavy (non-hydrogen) atoms. The molecule has 1 aliphatic rings. The smallest absolute Gasteiger partial charge is 0.423 e. The Kier molecular flexibility index (Phi) is 2.05. The second-order valence-electron chi connectivity index (χ2n) is 3.81. The lowest BCUT2D eigenvalue weighted by Gasteiger charge is -2.07. The summed E-state index contributed by atoms with van der Waals surface area (Å²) in [6.45, 7) is 0. The van der Waals surface area contributed by atoms with Gasteiger partial charge in [0.2, 0.25) is 0 Å². The zero-order valence-corrected chi connectivity index (χ0v) is 8.74. The fourth-order valence-electron chi connectivity index (χ4n) is 1.96. The first-order chi connectivity index (χ1) is 7.75. The maximum Gasteiger partial charge on any atom is 0.492 e. The Morgan fingerprint density at radius 2 is 2.25 bits per heavy atom. The number of nitrogens with zero attached hydrogens (tertiary/aromatic N) is 3. The Morgan fingerprint density at radius 1 is 1.44 bits per heavy atom. The summed E-state index contributed by atoms with van der Waals surface area (Å²) in [6.07, 6.45) is 1.47. The average molecular weight is 215 g/mol. The van der Waals surface area contributed by atoms with E-state index < -0.39 is 7.12 Å². The van der Waals surface area contributed by atoms with Crippen LogP contribution in [-0.4, -0.2) is 27.1 Å². The zero-order valence-electron chi connectivity index (χ0n) is 8.74. The number of rotatable bonds is 1. The summed E-state index contributed by atoms with van der Waals surface area (Å²) in [5.41, 5.74) is 2.47. The minimum Gasteiger partial charge on any atom is -0.423 e. The van der Waals surface area contributed by atoms with Crippen molar-refractivity contribution >= 4 is 12.6 Å². The molecule has 0 spiro atoms. The topological polar surface area (TPSA) is 60.2 Å². The van der Waals surface area contributed by atoms with E-state index in [1.54, 1.807) is 17.9 Å². The van der Waals surface area contributed by atoms with Gasteiger partial charge in [-0.15, -0.1) is 5.10 Å². The van der Waals surface area contributed by atoms with Crippen molar-refractivity contribution in [3.63, 3.8) is 0 Å². The van der Waals surface area contributed by atoms with Crippen LogP contribution in [0.4, 0.5) is 0 Å². The summed E-state index contributed by atoms with van der Waals surface area (Å²) in [5, 5.41) is 17.6. The first kappa shape index (κ1) is 9.56. The Hall–Kier alpha value is -1.66. The predicted molar refractivity (Wildman–Crippen MR) is 58.0 cm³/mol. The Morgan fingerprint density at radius 3 is 3.00 bits per heavy atom. The van der Waals surface area contributed by atoms with Gasteiger partial charge in [0.1, 0.15) is 11.8 Å². The fourth-order valence-corrected chi connectivity index (χ4v) is 1.96. The summed E-state index contributed by atoms with van der Waals surface area (Å²) >= 11 is 0. The van der Waals surface area contributed by atoms with Crippen LogP contribution in [0, 0.1) is 0 Å². The number of hydrogen-bond donors (Lipinski definition) is 1. The van der Waals surface area contributed by atoms with E-state index in [0.29, 0.717) is 5.69 Å². The van der Waals surface area contributed by atoms with Crippen LogP contribution in [0.2, 0.25) is 0 Å². The average Bonchev–Trinajstić information content (AvgIpc) is 2.84. The van der Waals surface area contributed by atoms with E-state index in [1.807, 2.05) is 24.3 Å². The predicted octanol–water partition coefficient (Wildman–Crippen LogP) is -0.378. The molecule has 0 saturated carbocycles. The maximum absolute atomic E-state index is 9.74. The van der Waals surface area contributed by atoms with E-state index in [2.05, 4.69) is 10.3 Å². The van der Waals surface area contributed by atoms with Gasteiger partial charge in [-0.2, -0.15) is 0 Å². The van der Waals surface area contributed by atoms with Crippen LogP contribution in [0.1, 0.15) is 17.4 Å². The van der Waals surface area contributed by atoms with E-state index in [-0.39, 0.29) is 6.10 Å². The summed E-state index contributed by atoms with van der Waals surface area (Å²) in [6, 6.07) is 7.59. The van der Waals surface area contributed by atoms with Gasteiger partial charge >= 0.3 is 7.12 Å². The lowest BCUT2D eigenvalue weighted by atomic mass is 9.79. The molecule has 6 heteroatoms. The van der Waals surface area contributed by atoms with Crippen LogP contribution < -0.4 is 5.46 Å².